The molecule has 2 aromatic carbocycles. The third kappa shape index (κ3) is 6.82. The average molecular weight is 487 g/mol. The molecule has 164 valence electrons. The minimum absolute atomic E-state index is 0.0599. The molecule has 0 aliphatic carbocycles. The molecule has 4 amide bonds. The Morgan fingerprint density at radius 1 is 1.03 bits per heavy atom. The maximum absolute atomic E-state index is 12.6. The van der Waals surface area contributed by atoms with Crippen LogP contribution in [0.3, 0.4) is 0 Å². The zero-order chi connectivity index (χ0) is 22.2. The van der Waals surface area contributed by atoms with Crippen molar-refractivity contribution in [1.29, 1.82) is 0 Å². The van der Waals surface area contributed by atoms with E-state index in [1.54, 1.807) is 12.1 Å². The molecule has 3 rings (SSSR count). The number of nitrogens with two attached hydrogens (primary N) is 1. The molecule has 1 atom stereocenters. The van der Waals surface area contributed by atoms with Crippen molar-refractivity contribution in [2.45, 2.75) is 38.3 Å². The molecule has 0 aromatic heterocycles. The third-order valence-corrected chi connectivity index (χ3v) is 5.78. The summed E-state index contributed by atoms with van der Waals surface area (Å²) in [6, 6.07) is 13.5. The Labute approximate surface area is 190 Å². The summed E-state index contributed by atoms with van der Waals surface area (Å²) in [6.07, 6.45) is 3.35. The van der Waals surface area contributed by atoms with Gasteiger partial charge < -0.3 is 21.3 Å². The lowest BCUT2D eigenvalue weighted by molar-refractivity contribution is -0.121. The van der Waals surface area contributed by atoms with Crippen LogP contribution >= 0.6 is 15.9 Å². The van der Waals surface area contributed by atoms with Crippen LogP contribution in [0.1, 0.15) is 53.2 Å². The minimum atomic E-state index is -0.688. The minimum Gasteiger partial charge on any atom is -0.352 e. The SMILES string of the molecule is NC(=O)NC(CC(=O)NCc1ccc(C(=O)N2CCCCC2)cc1)c1cccc(Br)c1. The number of piperidine rings is 1. The summed E-state index contributed by atoms with van der Waals surface area (Å²) < 4.78 is 0.848. The van der Waals surface area contributed by atoms with Gasteiger partial charge in [0.2, 0.25) is 5.91 Å². The molecule has 2 aromatic rings. The first kappa shape index (κ1) is 22.8. The molecule has 0 radical (unpaired) electrons. The molecule has 31 heavy (non-hydrogen) atoms. The number of rotatable bonds is 7. The summed E-state index contributed by atoms with van der Waals surface area (Å²) in [5.41, 5.74) is 7.62. The molecule has 7 nitrogen and oxygen atoms in total. The summed E-state index contributed by atoms with van der Waals surface area (Å²) in [5, 5.41) is 5.48. The Hall–Kier alpha value is -2.87. The fourth-order valence-electron chi connectivity index (χ4n) is 3.65. The number of amides is 4. The summed E-state index contributed by atoms with van der Waals surface area (Å²) in [4.78, 5) is 38.3. The van der Waals surface area contributed by atoms with E-state index in [0.717, 1.165) is 41.5 Å². The van der Waals surface area contributed by atoms with Crippen LogP contribution in [0.25, 0.3) is 0 Å². The Morgan fingerprint density at radius 2 is 1.74 bits per heavy atom. The lowest BCUT2D eigenvalue weighted by Gasteiger charge is -2.26. The van der Waals surface area contributed by atoms with E-state index in [-0.39, 0.29) is 18.2 Å². The van der Waals surface area contributed by atoms with Gasteiger partial charge in [-0.15, -0.1) is 0 Å². The Balaban J connectivity index is 1.55. The fourth-order valence-corrected chi connectivity index (χ4v) is 4.07. The van der Waals surface area contributed by atoms with E-state index in [1.807, 2.05) is 41.3 Å². The van der Waals surface area contributed by atoms with Gasteiger partial charge in [0.25, 0.3) is 5.91 Å². The normalized spacial score (nSPS) is 14.5. The predicted octanol–water partition coefficient (Wildman–Crippen LogP) is 3.49. The van der Waals surface area contributed by atoms with Crippen molar-refractivity contribution < 1.29 is 14.4 Å². The number of nitrogens with zero attached hydrogens (tertiary/aromatic N) is 1. The van der Waals surface area contributed by atoms with Gasteiger partial charge in [0.05, 0.1) is 12.5 Å². The van der Waals surface area contributed by atoms with Gasteiger partial charge in [-0.3, -0.25) is 9.59 Å². The molecule has 0 spiro atoms. The van der Waals surface area contributed by atoms with Crippen molar-refractivity contribution in [3.05, 3.63) is 69.7 Å². The van der Waals surface area contributed by atoms with Gasteiger partial charge in [-0.2, -0.15) is 0 Å². The Morgan fingerprint density at radius 3 is 2.39 bits per heavy atom. The lowest BCUT2D eigenvalue weighted by atomic mass is 10.0. The maximum atomic E-state index is 12.6. The summed E-state index contributed by atoms with van der Waals surface area (Å²) in [7, 11) is 0. The molecule has 0 saturated carbocycles. The zero-order valence-electron chi connectivity index (χ0n) is 17.3. The number of nitrogens with one attached hydrogen (secondary N) is 2. The van der Waals surface area contributed by atoms with Gasteiger partial charge in [-0.25, -0.2) is 4.79 Å². The van der Waals surface area contributed by atoms with Crippen LogP contribution in [0, 0.1) is 0 Å². The van der Waals surface area contributed by atoms with E-state index in [2.05, 4.69) is 26.6 Å². The van der Waals surface area contributed by atoms with Crippen molar-refractivity contribution in [3.63, 3.8) is 0 Å². The topological polar surface area (TPSA) is 105 Å². The number of carbonyl (C=O) groups excluding carboxylic acids is 3. The number of carbonyl (C=O) groups is 3. The summed E-state index contributed by atoms with van der Waals surface area (Å²) in [6.45, 7) is 1.96. The second kappa shape index (κ2) is 10.9. The second-order valence-electron chi connectivity index (χ2n) is 7.65. The van der Waals surface area contributed by atoms with E-state index in [9.17, 15) is 14.4 Å². The predicted molar refractivity (Wildman–Crippen MR) is 122 cm³/mol. The zero-order valence-corrected chi connectivity index (χ0v) is 18.9. The molecule has 1 saturated heterocycles. The van der Waals surface area contributed by atoms with E-state index >= 15 is 0 Å². The number of urea groups is 1. The molecular weight excluding hydrogens is 460 g/mol. The second-order valence-corrected chi connectivity index (χ2v) is 8.56. The first-order valence-corrected chi connectivity index (χ1v) is 11.2. The van der Waals surface area contributed by atoms with Crippen LogP contribution < -0.4 is 16.4 Å². The first-order chi connectivity index (χ1) is 14.9. The van der Waals surface area contributed by atoms with Crippen molar-refractivity contribution in [1.82, 2.24) is 15.5 Å². The smallest absolute Gasteiger partial charge is 0.312 e. The Bertz CT molecular complexity index is 927. The molecular formula is C23H27BrN4O3. The standard InChI is InChI=1S/C23H27BrN4O3/c24-19-6-4-5-18(13-19)20(27-23(25)31)14-21(29)26-15-16-7-9-17(10-8-16)22(30)28-11-2-1-3-12-28/h4-10,13,20H,1-3,11-12,14-15H2,(H,26,29)(H3,25,27,31). The van der Waals surface area contributed by atoms with Crippen LogP contribution in [0.2, 0.25) is 0 Å². The van der Waals surface area contributed by atoms with Crippen molar-refractivity contribution in [2.75, 3.05) is 13.1 Å². The van der Waals surface area contributed by atoms with Gasteiger partial charge in [0, 0.05) is 29.7 Å². The maximum Gasteiger partial charge on any atom is 0.312 e. The van der Waals surface area contributed by atoms with Crippen LogP contribution in [0.5, 0.6) is 0 Å². The number of benzene rings is 2. The molecule has 1 aliphatic rings. The highest BCUT2D eigenvalue weighted by Gasteiger charge is 2.19. The largest absolute Gasteiger partial charge is 0.352 e. The monoisotopic (exact) mass is 486 g/mol. The van der Waals surface area contributed by atoms with Crippen LogP contribution in [-0.4, -0.2) is 35.8 Å². The van der Waals surface area contributed by atoms with Gasteiger partial charge in [-0.05, 0) is 54.7 Å². The number of hydrogen-bond donors (Lipinski definition) is 3. The molecule has 1 fully saturated rings. The van der Waals surface area contributed by atoms with Gasteiger partial charge in [0.1, 0.15) is 0 Å². The number of likely N-dealkylation sites (tertiary alicyclic amines) is 1. The first-order valence-electron chi connectivity index (χ1n) is 10.4. The van der Waals surface area contributed by atoms with Gasteiger partial charge in [-0.1, -0.05) is 40.2 Å². The van der Waals surface area contributed by atoms with E-state index in [4.69, 9.17) is 5.73 Å². The van der Waals surface area contributed by atoms with Gasteiger partial charge >= 0.3 is 6.03 Å². The van der Waals surface area contributed by atoms with E-state index in [0.29, 0.717) is 12.1 Å². The number of halogens is 1. The van der Waals surface area contributed by atoms with Crippen LogP contribution in [0.15, 0.2) is 53.0 Å². The highest BCUT2D eigenvalue weighted by Crippen LogP contribution is 2.21. The quantitative estimate of drug-likeness (QED) is 0.557. The summed E-state index contributed by atoms with van der Waals surface area (Å²) >= 11 is 3.39. The number of primary amides is 1. The third-order valence-electron chi connectivity index (χ3n) is 5.29. The van der Waals surface area contributed by atoms with Gasteiger partial charge in [0.15, 0.2) is 0 Å². The fraction of sp³-hybridized carbons (Fsp3) is 0.348. The molecule has 1 aliphatic heterocycles. The average Bonchev–Trinajstić information content (AvgIpc) is 2.77. The molecule has 8 heteroatoms. The number of hydrogen-bond acceptors (Lipinski definition) is 3. The molecule has 4 N–H and O–H groups in total. The highest BCUT2D eigenvalue weighted by molar-refractivity contribution is 9.10. The van der Waals surface area contributed by atoms with Crippen molar-refractivity contribution in [3.8, 4) is 0 Å². The van der Waals surface area contributed by atoms with E-state index < -0.39 is 12.1 Å². The van der Waals surface area contributed by atoms with Crippen molar-refractivity contribution >= 4 is 33.8 Å². The lowest BCUT2D eigenvalue weighted by Crippen LogP contribution is -2.36. The summed E-state index contributed by atoms with van der Waals surface area (Å²) in [5.74, 6) is -0.156. The molecule has 1 unspecified atom stereocenters. The van der Waals surface area contributed by atoms with Crippen molar-refractivity contribution in [2.24, 2.45) is 5.73 Å². The molecule has 1 heterocycles. The van der Waals surface area contributed by atoms with E-state index in [1.165, 1.54) is 6.42 Å². The highest BCUT2D eigenvalue weighted by atomic mass is 79.9. The van der Waals surface area contributed by atoms with Crippen LogP contribution in [-0.2, 0) is 11.3 Å². The van der Waals surface area contributed by atoms with Crippen LogP contribution in [0.4, 0.5) is 4.79 Å². The Kier molecular flexibility index (Phi) is 8.06. The molecule has 0 bridgehead atoms.